The van der Waals surface area contributed by atoms with Crippen molar-refractivity contribution in [3.63, 3.8) is 0 Å². The zero-order chi connectivity index (χ0) is 21.0. The summed E-state index contributed by atoms with van der Waals surface area (Å²) in [6, 6.07) is 18.4. The van der Waals surface area contributed by atoms with E-state index < -0.39 is 23.4 Å². The van der Waals surface area contributed by atoms with E-state index in [1.54, 1.807) is 31.2 Å². The number of nitrogens with one attached hydrogen (secondary N) is 2. The number of amides is 4. The first-order chi connectivity index (χ1) is 13.8. The van der Waals surface area contributed by atoms with Crippen LogP contribution in [0.1, 0.15) is 37.9 Å². The summed E-state index contributed by atoms with van der Waals surface area (Å²) in [5.74, 6) is -0.610. The van der Waals surface area contributed by atoms with Gasteiger partial charge in [-0.2, -0.15) is 5.01 Å². The quantitative estimate of drug-likeness (QED) is 0.619. The number of rotatable bonds is 7. The lowest BCUT2D eigenvalue weighted by Gasteiger charge is -2.22. The number of hydrazine groups is 1. The molecule has 0 aliphatic carbocycles. The van der Waals surface area contributed by atoms with Crippen LogP contribution < -0.4 is 16.1 Å². The molecule has 3 rings (SSSR count). The van der Waals surface area contributed by atoms with Crippen molar-refractivity contribution in [2.24, 2.45) is 5.92 Å². The fourth-order valence-electron chi connectivity index (χ4n) is 3.58. The first-order valence-electron chi connectivity index (χ1n) is 9.73. The second-order valence-electron chi connectivity index (χ2n) is 7.72. The Balaban J connectivity index is 1.65. The molecular formula is C22H27N4O3+. The van der Waals surface area contributed by atoms with Gasteiger partial charge in [-0.15, -0.1) is 0 Å². The van der Waals surface area contributed by atoms with Gasteiger partial charge in [0, 0.05) is 11.5 Å². The lowest BCUT2D eigenvalue weighted by atomic mass is 9.92. The topological polar surface area (TPSA) is 95.1 Å². The molecule has 0 saturated carbocycles. The molecule has 4 amide bonds. The summed E-state index contributed by atoms with van der Waals surface area (Å²) in [7, 11) is 0. The van der Waals surface area contributed by atoms with E-state index in [2.05, 4.69) is 24.6 Å². The first kappa shape index (κ1) is 20.5. The maximum Gasteiger partial charge on any atom is 0.344 e. The molecule has 1 heterocycles. The molecule has 2 aromatic rings. The Labute approximate surface area is 170 Å². The second kappa shape index (κ2) is 8.45. The minimum absolute atomic E-state index is 0.0941. The fourth-order valence-corrected chi connectivity index (χ4v) is 3.58. The summed E-state index contributed by atoms with van der Waals surface area (Å²) >= 11 is 0. The number of carbonyl (C=O) groups is 3. The van der Waals surface area contributed by atoms with Gasteiger partial charge in [-0.1, -0.05) is 74.5 Å². The number of nitrogens with two attached hydrogens (primary N) is 1. The Morgan fingerprint density at radius 3 is 2.24 bits per heavy atom. The maximum atomic E-state index is 12.9. The van der Waals surface area contributed by atoms with E-state index in [9.17, 15) is 14.4 Å². The van der Waals surface area contributed by atoms with Crippen molar-refractivity contribution in [1.29, 1.82) is 0 Å². The highest BCUT2D eigenvalue weighted by Crippen LogP contribution is 2.27. The van der Waals surface area contributed by atoms with Crippen LogP contribution in [0.25, 0.3) is 0 Å². The normalized spacial score (nSPS) is 19.9. The fraction of sp³-hybridized carbons (Fsp3) is 0.318. The molecule has 0 unspecified atom stereocenters. The van der Waals surface area contributed by atoms with Crippen LogP contribution in [0.5, 0.6) is 0 Å². The van der Waals surface area contributed by atoms with Gasteiger partial charge in [0.15, 0.2) is 6.54 Å². The van der Waals surface area contributed by atoms with Crippen molar-refractivity contribution in [3.05, 3.63) is 71.8 Å². The van der Waals surface area contributed by atoms with E-state index in [4.69, 9.17) is 0 Å². The van der Waals surface area contributed by atoms with Crippen molar-refractivity contribution in [2.45, 2.75) is 32.4 Å². The van der Waals surface area contributed by atoms with Crippen LogP contribution in [-0.4, -0.2) is 29.4 Å². The Kier molecular flexibility index (Phi) is 5.98. The number of imide groups is 1. The van der Waals surface area contributed by atoms with Crippen LogP contribution in [0.4, 0.5) is 4.79 Å². The molecule has 152 valence electrons. The molecule has 1 saturated heterocycles. The third-order valence-electron chi connectivity index (χ3n) is 5.24. The van der Waals surface area contributed by atoms with Crippen molar-refractivity contribution in [1.82, 2.24) is 15.8 Å². The van der Waals surface area contributed by atoms with Crippen LogP contribution in [0.3, 0.4) is 0 Å². The number of carbonyl (C=O) groups excluding carboxylic acids is 3. The van der Waals surface area contributed by atoms with Crippen molar-refractivity contribution < 1.29 is 19.7 Å². The molecule has 0 bridgehead atoms. The van der Waals surface area contributed by atoms with Gasteiger partial charge in [0.1, 0.15) is 11.6 Å². The largest absolute Gasteiger partial charge is 0.344 e. The smallest absolute Gasteiger partial charge is 0.332 e. The minimum atomic E-state index is -1.21. The average molecular weight is 395 g/mol. The number of hydrogen-bond donors (Lipinski definition) is 3. The number of nitrogens with zero attached hydrogens (tertiary/aromatic N) is 1. The highest BCUT2D eigenvalue weighted by Gasteiger charge is 2.50. The standard InChI is InChI=1S/C22H26N4O3/c1-15(2)19(16-10-6-4-7-11-16)23-14-18(27)25-26-20(28)22(3,24-21(26)29)17-12-8-5-9-13-17/h4-13,15,19,23H,14H2,1-3H3,(H,24,29)(H,25,27)/p+1/t19-,22-/m1/s1. The predicted molar refractivity (Wildman–Crippen MR) is 108 cm³/mol. The van der Waals surface area contributed by atoms with Crippen molar-refractivity contribution >= 4 is 17.8 Å². The highest BCUT2D eigenvalue weighted by atomic mass is 16.2. The third-order valence-corrected chi connectivity index (χ3v) is 5.24. The summed E-state index contributed by atoms with van der Waals surface area (Å²) in [5, 5.41) is 5.37. The van der Waals surface area contributed by atoms with Gasteiger partial charge in [-0.3, -0.25) is 15.0 Å². The SMILES string of the molecule is CC(C)[C@@H]([NH2+]CC(=O)NN1C(=O)N[C@](C)(c2ccccc2)C1=O)c1ccccc1. The summed E-state index contributed by atoms with van der Waals surface area (Å²) in [6.45, 7) is 5.91. The molecule has 4 N–H and O–H groups in total. The molecular weight excluding hydrogens is 368 g/mol. The zero-order valence-electron chi connectivity index (χ0n) is 16.9. The van der Waals surface area contributed by atoms with Gasteiger partial charge in [-0.25, -0.2) is 4.79 Å². The Morgan fingerprint density at radius 1 is 1.07 bits per heavy atom. The van der Waals surface area contributed by atoms with E-state index >= 15 is 0 Å². The Hall–Kier alpha value is -3.19. The van der Waals surface area contributed by atoms with Gasteiger partial charge in [-0.05, 0) is 12.5 Å². The second-order valence-corrected chi connectivity index (χ2v) is 7.72. The van der Waals surface area contributed by atoms with E-state index in [-0.39, 0.29) is 12.6 Å². The van der Waals surface area contributed by atoms with Gasteiger partial charge in [0.05, 0.1) is 0 Å². The van der Waals surface area contributed by atoms with Crippen LogP contribution in [0.15, 0.2) is 60.7 Å². The molecule has 0 spiro atoms. The molecule has 29 heavy (non-hydrogen) atoms. The number of benzene rings is 2. The van der Waals surface area contributed by atoms with Gasteiger partial charge in [0.2, 0.25) is 0 Å². The highest BCUT2D eigenvalue weighted by molar-refractivity contribution is 6.08. The number of quaternary nitrogens is 1. The third kappa shape index (κ3) is 4.30. The Bertz CT molecular complexity index is 885. The van der Waals surface area contributed by atoms with E-state index in [1.807, 2.05) is 41.7 Å². The van der Waals surface area contributed by atoms with Crippen LogP contribution in [0.2, 0.25) is 0 Å². The molecule has 2 atom stereocenters. The van der Waals surface area contributed by atoms with Gasteiger partial charge in [0.25, 0.3) is 11.8 Å². The average Bonchev–Trinajstić information content (AvgIpc) is 2.93. The maximum absolute atomic E-state index is 12.9. The van der Waals surface area contributed by atoms with Crippen molar-refractivity contribution in [2.75, 3.05) is 6.54 Å². The molecule has 0 aromatic heterocycles. The summed E-state index contributed by atoms with van der Waals surface area (Å²) < 4.78 is 0. The van der Waals surface area contributed by atoms with Crippen molar-refractivity contribution in [3.8, 4) is 0 Å². The molecule has 7 heteroatoms. The predicted octanol–water partition coefficient (Wildman–Crippen LogP) is 1.45. The minimum Gasteiger partial charge on any atom is -0.332 e. The van der Waals surface area contributed by atoms with Crippen LogP contribution in [0, 0.1) is 5.92 Å². The van der Waals surface area contributed by atoms with Gasteiger partial charge >= 0.3 is 6.03 Å². The summed E-state index contributed by atoms with van der Waals surface area (Å²) in [6.07, 6.45) is 0. The Morgan fingerprint density at radius 2 is 1.66 bits per heavy atom. The molecule has 2 aromatic carbocycles. The number of urea groups is 1. The monoisotopic (exact) mass is 395 g/mol. The number of hydrogen-bond acceptors (Lipinski definition) is 3. The summed E-state index contributed by atoms with van der Waals surface area (Å²) in [5.41, 5.74) is 3.03. The molecule has 7 nitrogen and oxygen atoms in total. The molecule has 1 aliphatic heterocycles. The lowest BCUT2D eigenvalue weighted by molar-refractivity contribution is -0.692. The van der Waals surface area contributed by atoms with E-state index in [0.29, 0.717) is 11.5 Å². The molecule has 1 aliphatic rings. The lowest BCUT2D eigenvalue weighted by Crippen LogP contribution is -2.88. The van der Waals surface area contributed by atoms with Gasteiger partial charge < -0.3 is 10.6 Å². The van der Waals surface area contributed by atoms with E-state index in [1.165, 1.54) is 0 Å². The summed E-state index contributed by atoms with van der Waals surface area (Å²) in [4.78, 5) is 37.7. The molecule has 1 fully saturated rings. The first-order valence-corrected chi connectivity index (χ1v) is 9.73. The van der Waals surface area contributed by atoms with Crippen LogP contribution >= 0.6 is 0 Å². The zero-order valence-corrected chi connectivity index (χ0v) is 16.9. The molecule has 0 radical (unpaired) electrons. The van der Waals surface area contributed by atoms with E-state index in [0.717, 1.165) is 10.6 Å². The van der Waals surface area contributed by atoms with Crippen LogP contribution in [-0.2, 0) is 15.1 Å².